The van der Waals surface area contributed by atoms with Crippen LogP contribution in [0.25, 0.3) is 0 Å². The Hall–Kier alpha value is -0.910. The summed E-state index contributed by atoms with van der Waals surface area (Å²) in [6.07, 6.45) is 1.15. The van der Waals surface area contributed by atoms with E-state index in [0.29, 0.717) is 12.0 Å². The Balaban J connectivity index is 2.68. The first-order valence-electron chi connectivity index (χ1n) is 4.14. The van der Waals surface area contributed by atoms with Gasteiger partial charge in [-0.1, -0.05) is 0 Å². The van der Waals surface area contributed by atoms with Crippen LogP contribution < -0.4 is 5.73 Å². The van der Waals surface area contributed by atoms with Crippen molar-refractivity contribution in [3.63, 3.8) is 0 Å². The van der Waals surface area contributed by atoms with Gasteiger partial charge in [-0.15, -0.1) is 11.6 Å². The van der Waals surface area contributed by atoms with Crippen LogP contribution in [0.3, 0.4) is 0 Å². The zero-order valence-electron chi connectivity index (χ0n) is 7.47. The quantitative estimate of drug-likeness (QED) is 0.622. The van der Waals surface area contributed by atoms with Gasteiger partial charge in [0, 0.05) is 23.8 Å². The van der Waals surface area contributed by atoms with Crippen LogP contribution in [0.1, 0.15) is 18.1 Å². The van der Waals surface area contributed by atoms with E-state index in [0.717, 1.165) is 0 Å². The molecule has 0 radical (unpaired) electrons. The number of nitrogens with zero attached hydrogens (tertiary/aromatic N) is 2. The molecule has 14 heavy (non-hydrogen) atoms. The van der Waals surface area contributed by atoms with E-state index in [1.807, 2.05) is 0 Å². The van der Waals surface area contributed by atoms with Crippen LogP contribution in [-0.4, -0.2) is 32.2 Å². The van der Waals surface area contributed by atoms with Gasteiger partial charge in [-0.25, -0.2) is 9.97 Å². The first kappa shape index (κ1) is 11.2. The monoisotopic (exact) mass is 217 g/mol. The maximum absolute atomic E-state index is 9.58. The third-order valence-electron chi connectivity index (χ3n) is 1.80. The molecule has 0 aliphatic carbocycles. The van der Waals surface area contributed by atoms with Crippen molar-refractivity contribution in [1.82, 2.24) is 9.97 Å². The number of aromatic nitrogens is 2. The zero-order valence-corrected chi connectivity index (χ0v) is 8.22. The maximum Gasteiger partial charge on any atom is 0.219 e. The summed E-state index contributed by atoms with van der Waals surface area (Å²) < 4.78 is 0. The molecule has 0 saturated carbocycles. The van der Waals surface area contributed by atoms with Gasteiger partial charge in [-0.3, -0.25) is 0 Å². The van der Waals surface area contributed by atoms with E-state index in [4.69, 9.17) is 17.3 Å². The number of anilines is 1. The minimum atomic E-state index is -1.02. The van der Waals surface area contributed by atoms with Crippen molar-refractivity contribution < 1.29 is 10.2 Å². The lowest BCUT2D eigenvalue weighted by molar-refractivity contribution is 0.0166. The molecular weight excluding hydrogens is 206 g/mol. The molecule has 1 rings (SSSR count). The number of aliphatic hydroxyl groups is 2. The topological polar surface area (TPSA) is 92.3 Å². The highest BCUT2D eigenvalue weighted by molar-refractivity contribution is 6.17. The summed E-state index contributed by atoms with van der Waals surface area (Å²) in [5.41, 5.74) is 5.70. The second-order valence-corrected chi connectivity index (χ2v) is 3.24. The van der Waals surface area contributed by atoms with Crippen molar-refractivity contribution in [3.05, 3.63) is 18.0 Å². The van der Waals surface area contributed by atoms with Gasteiger partial charge in [0.05, 0.1) is 6.10 Å². The van der Waals surface area contributed by atoms with E-state index in [1.165, 1.54) is 12.4 Å². The van der Waals surface area contributed by atoms with Crippen LogP contribution in [0, 0.1) is 0 Å². The first-order valence-corrected chi connectivity index (χ1v) is 4.68. The van der Waals surface area contributed by atoms with Gasteiger partial charge < -0.3 is 15.9 Å². The molecule has 0 bridgehead atoms. The Morgan fingerprint density at radius 1 is 1.36 bits per heavy atom. The minimum absolute atomic E-state index is 0.132. The summed E-state index contributed by atoms with van der Waals surface area (Å²) in [5, 5.41) is 19.0. The van der Waals surface area contributed by atoms with Crippen LogP contribution >= 0.6 is 11.6 Å². The Bertz CT molecular complexity index is 280. The Labute approximate surface area is 86.6 Å². The lowest BCUT2D eigenvalue weighted by atomic mass is 10.1. The summed E-state index contributed by atoms with van der Waals surface area (Å²) in [7, 11) is 0. The first-order chi connectivity index (χ1) is 6.65. The Kier molecular flexibility index (Phi) is 4.06. The molecule has 5 nitrogen and oxygen atoms in total. The van der Waals surface area contributed by atoms with E-state index in [9.17, 15) is 10.2 Å². The fraction of sp³-hybridized carbons (Fsp3) is 0.500. The molecule has 4 N–H and O–H groups in total. The number of rotatable bonds is 4. The molecule has 1 aromatic heterocycles. The van der Waals surface area contributed by atoms with E-state index in [-0.39, 0.29) is 11.8 Å². The van der Waals surface area contributed by atoms with Crippen LogP contribution in [0.5, 0.6) is 0 Å². The molecule has 0 fully saturated rings. The van der Waals surface area contributed by atoms with Gasteiger partial charge in [-0.05, 0) is 6.42 Å². The highest BCUT2D eigenvalue weighted by atomic mass is 35.5. The summed E-state index contributed by atoms with van der Waals surface area (Å²) in [4.78, 5) is 7.41. The van der Waals surface area contributed by atoms with Gasteiger partial charge in [0.1, 0.15) is 6.10 Å². The van der Waals surface area contributed by atoms with Crippen LogP contribution in [0.15, 0.2) is 12.4 Å². The molecule has 0 saturated heterocycles. The Morgan fingerprint density at radius 2 is 1.93 bits per heavy atom. The van der Waals surface area contributed by atoms with Crippen molar-refractivity contribution >= 4 is 17.5 Å². The van der Waals surface area contributed by atoms with E-state index in [1.54, 1.807) is 0 Å². The number of hydrogen-bond donors (Lipinski definition) is 3. The van der Waals surface area contributed by atoms with Crippen molar-refractivity contribution in [2.24, 2.45) is 0 Å². The third kappa shape index (κ3) is 2.80. The maximum atomic E-state index is 9.58. The SMILES string of the molecule is Nc1ncc(C(O)C(O)CCCl)cn1. The number of nitrogens with two attached hydrogens (primary N) is 1. The summed E-state index contributed by atoms with van der Waals surface area (Å²) in [5.74, 6) is 0.418. The third-order valence-corrected chi connectivity index (χ3v) is 2.02. The largest absolute Gasteiger partial charge is 0.390 e. The summed E-state index contributed by atoms with van der Waals surface area (Å²) >= 11 is 5.43. The van der Waals surface area contributed by atoms with Crippen molar-refractivity contribution in [2.75, 3.05) is 11.6 Å². The fourth-order valence-corrected chi connectivity index (χ4v) is 1.22. The molecule has 0 aromatic carbocycles. The van der Waals surface area contributed by atoms with E-state index in [2.05, 4.69) is 9.97 Å². The van der Waals surface area contributed by atoms with Crippen LogP contribution in [0.2, 0.25) is 0 Å². The molecule has 78 valence electrons. The molecule has 6 heteroatoms. The standard InChI is InChI=1S/C8H12ClN3O2/c9-2-1-6(13)7(14)5-3-11-8(10)12-4-5/h3-4,6-7,13-14H,1-2H2,(H2,10,11,12). The molecule has 2 atom stereocenters. The molecule has 0 aliphatic rings. The smallest absolute Gasteiger partial charge is 0.219 e. The Morgan fingerprint density at radius 3 is 2.43 bits per heavy atom. The van der Waals surface area contributed by atoms with Gasteiger partial charge in [-0.2, -0.15) is 0 Å². The van der Waals surface area contributed by atoms with Gasteiger partial charge in [0.25, 0.3) is 0 Å². The highest BCUT2D eigenvalue weighted by Crippen LogP contribution is 2.17. The van der Waals surface area contributed by atoms with Gasteiger partial charge in [0.15, 0.2) is 0 Å². The molecule has 0 spiro atoms. The molecule has 2 unspecified atom stereocenters. The summed E-state index contributed by atoms with van der Waals surface area (Å²) in [6.45, 7) is 0. The number of aliphatic hydroxyl groups excluding tert-OH is 2. The second kappa shape index (κ2) is 5.09. The second-order valence-electron chi connectivity index (χ2n) is 2.86. The average molecular weight is 218 g/mol. The van der Waals surface area contributed by atoms with Crippen LogP contribution in [-0.2, 0) is 0 Å². The van der Waals surface area contributed by atoms with Crippen molar-refractivity contribution in [2.45, 2.75) is 18.6 Å². The molecule has 1 aromatic rings. The van der Waals surface area contributed by atoms with Crippen molar-refractivity contribution in [3.8, 4) is 0 Å². The number of alkyl halides is 1. The molecule has 0 aliphatic heterocycles. The lowest BCUT2D eigenvalue weighted by Crippen LogP contribution is -2.19. The van der Waals surface area contributed by atoms with Crippen molar-refractivity contribution in [1.29, 1.82) is 0 Å². The minimum Gasteiger partial charge on any atom is -0.390 e. The van der Waals surface area contributed by atoms with E-state index >= 15 is 0 Å². The number of halogens is 1. The predicted molar refractivity (Wildman–Crippen MR) is 52.7 cm³/mol. The van der Waals surface area contributed by atoms with Gasteiger partial charge >= 0.3 is 0 Å². The molecule has 1 heterocycles. The predicted octanol–water partition coefficient (Wildman–Crippen LogP) is 0.0820. The normalized spacial score (nSPS) is 15.1. The molecular formula is C8H12ClN3O2. The fourth-order valence-electron chi connectivity index (χ4n) is 0.993. The average Bonchev–Trinajstić information content (AvgIpc) is 2.18. The zero-order chi connectivity index (χ0) is 10.6. The number of nitrogen functional groups attached to an aromatic ring is 1. The molecule has 0 amide bonds. The number of hydrogen-bond acceptors (Lipinski definition) is 5. The van der Waals surface area contributed by atoms with Crippen LogP contribution in [0.4, 0.5) is 5.95 Å². The van der Waals surface area contributed by atoms with Gasteiger partial charge in [0.2, 0.25) is 5.95 Å². The van der Waals surface area contributed by atoms with E-state index < -0.39 is 12.2 Å². The lowest BCUT2D eigenvalue weighted by Gasteiger charge is -2.16. The highest BCUT2D eigenvalue weighted by Gasteiger charge is 2.18. The summed E-state index contributed by atoms with van der Waals surface area (Å²) in [6, 6.07) is 0.